The summed E-state index contributed by atoms with van der Waals surface area (Å²) in [6.07, 6.45) is 9.61. The number of hydrogen-bond acceptors (Lipinski definition) is 4. The number of imidazole rings is 1. The Morgan fingerprint density at radius 1 is 1.40 bits per heavy atom. The number of carbonyl (C=O) groups is 1. The molecule has 0 aliphatic heterocycles. The van der Waals surface area contributed by atoms with E-state index in [1.807, 2.05) is 17.5 Å². The molecule has 2 aromatic heterocycles. The number of aromatic nitrogens is 3. The summed E-state index contributed by atoms with van der Waals surface area (Å²) in [4.78, 5) is 21.9. The Balaban J connectivity index is 1.87. The molecule has 0 radical (unpaired) electrons. The van der Waals surface area contributed by atoms with Crippen molar-refractivity contribution in [3.63, 3.8) is 0 Å². The summed E-state index contributed by atoms with van der Waals surface area (Å²) in [5.74, 6) is 1.58. The lowest BCUT2D eigenvalue weighted by Crippen LogP contribution is -2.40. The standard InChI is InChI=1S/C18H21BrClN3O2/c1-2-25-17(24)18-7-5-11(6-8-18)3-4-12(18)16-22-14(19)13-15(20)21-9-10-23(13)16/h9-12H,2-8H2,1H3. The van der Waals surface area contributed by atoms with Gasteiger partial charge in [0.1, 0.15) is 15.9 Å². The third kappa shape index (κ3) is 2.69. The Kier molecular flexibility index (Phi) is 4.52. The van der Waals surface area contributed by atoms with Crippen molar-refractivity contribution in [2.75, 3.05) is 6.61 Å². The Bertz CT molecular complexity index is 814. The summed E-state index contributed by atoms with van der Waals surface area (Å²) in [6, 6.07) is 0. The number of halogens is 2. The highest BCUT2D eigenvalue weighted by Gasteiger charge is 2.53. The summed E-state index contributed by atoms with van der Waals surface area (Å²) >= 11 is 9.80. The van der Waals surface area contributed by atoms with Gasteiger partial charge in [-0.1, -0.05) is 11.6 Å². The minimum atomic E-state index is -0.473. The average Bonchev–Trinajstić information content (AvgIpc) is 2.75. The minimum Gasteiger partial charge on any atom is -0.466 e. The van der Waals surface area contributed by atoms with Crippen molar-refractivity contribution >= 4 is 39.0 Å². The van der Waals surface area contributed by atoms with Crippen LogP contribution in [-0.2, 0) is 9.53 Å². The highest BCUT2D eigenvalue weighted by atomic mass is 79.9. The van der Waals surface area contributed by atoms with Crippen LogP contribution in [0.2, 0.25) is 5.15 Å². The van der Waals surface area contributed by atoms with Gasteiger partial charge in [-0.15, -0.1) is 0 Å². The van der Waals surface area contributed by atoms with Crippen molar-refractivity contribution in [2.45, 2.75) is 51.4 Å². The second-order valence-electron chi connectivity index (χ2n) is 7.15. The van der Waals surface area contributed by atoms with Crippen molar-refractivity contribution in [2.24, 2.45) is 11.3 Å². The van der Waals surface area contributed by atoms with Crippen molar-refractivity contribution in [1.82, 2.24) is 14.4 Å². The minimum absolute atomic E-state index is 0.0383. The number of hydrogen-bond donors (Lipinski definition) is 0. The number of fused-ring (bicyclic) bond motifs is 5. The van der Waals surface area contributed by atoms with E-state index < -0.39 is 5.41 Å². The van der Waals surface area contributed by atoms with Crippen molar-refractivity contribution < 1.29 is 9.53 Å². The highest BCUT2D eigenvalue weighted by Crippen LogP contribution is 2.56. The van der Waals surface area contributed by atoms with Crippen LogP contribution in [0, 0.1) is 11.3 Å². The third-order valence-electron chi connectivity index (χ3n) is 6.02. The van der Waals surface area contributed by atoms with E-state index in [1.165, 1.54) is 0 Å². The smallest absolute Gasteiger partial charge is 0.312 e. The van der Waals surface area contributed by atoms with E-state index in [0.29, 0.717) is 22.3 Å². The molecule has 25 heavy (non-hydrogen) atoms. The highest BCUT2D eigenvalue weighted by molar-refractivity contribution is 9.10. The zero-order valence-corrected chi connectivity index (χ0v) is 16.5. The second-order valence-corrected chi connectivity index (χ2v) is 8.26. The first-order valence-electron chi connectivity index (χ1n) is 8.92. The van der Waals surface area contributed by atoms with Gasteiger partial charge >= 0.3 is 5.97 Å². The van der Waals surface area contributed by atoms with Crippen LogP contribution < -0.4 is 0 Å². The first kappa shape index (κ1) is 17.3. The molecule has 5 rings (SSSR count). The SMILES string of the molecule is CCOC(=O)C12CCC(CCC1c1nc(Br)c3c(Cl)nccn13)CC2. The number of esters is 1. The van der Waals surface area contributed by atoms with Gasteiger partial charge in [0.05, 0.1) is 12.0 Å². The van der Waals surface area contributed by atoms with Crippen LogP contribution >= 0.6 is 27.5 Å². The van der Waals surface area contributed by atoms with Crippen LogP contribution in [0.4, 0.5) is 0 Å². The molecule has 0 spiro atoms. The van der Waals surface area contributed by atoms with Crippen LogP contribution in [0.5, 0.6) is 0 Å². The van der Waals surface area contributed by atoms with Gasteiger partial charge in [-0.2, -0.15) is 0 Å². The zero-order valence-electron chi connectivity index (χ0n) is 14.2. The molecule has 3 aliphatic carbocycles. The van der Waals surface area contributed by atoms with Crippen LogP contribution in [0.1, 0.15) is 57.2 Å². The number of carbonyl (C=O) groups excluding carboxylic acids is 1. The maximum atomic E-state index is 13.0. The molecule has 0 N–H and O–H groups in total. The summed E-state index contributed by atoms with van der Waals surface area (Å²) in [6.45, 7) is 2.29. The summed E-state index contributed by atoms with van der Waals surface area (Å²) in [5, 5.41) is 0.413. The first-order chi connectivity index (χ1) is 12.1. The van der Waals surface area contributed by atoms with E-state index >= 15 is 0 Å². The van der Waals surface area contributed by atoms with Crippen molar-refractivity contribution in [3.8, 4) is 0 Å². The first-order valence-corrected chi connectivity index (χ1v) is 10.1. The van der Waals surface area contributed by atoms with E-state index in [0.717, 1.165) is 49.9 Å². The van der Waals surface area contributed by atoms with E-state index in [1.54, 1.807) is 6.20 Å². The predicted octanol–water partition coefficient (Wildman–Crippen LogP) is 4.76. The van der Waals surface area contributed by atoms with E-state index in [-0.39, 0.29) is 11.9 Å². The van der Waals surface area contributed by atoms with Gasteiger partial charge in [0.15, 0.2) is 5.15 Å². The van der Waals surface area contributed by atoms with E-state index in [2.05, 4.69) is 20.9 Å². The molecule has 2 aromatic rings. The normalized spacial score (nSPS) is 28.9. The molecule has 1 unspecified atom stereocenters. The molecular weight excluding hydrogens is 406 g/mol. The fourth-order valence-corrected chi connectivity index (χ4v) is 5.65. The summed E-state index contributed by atoms with van der Waals surface area (Å²) in [7, 11) is 0. The predicted molar refractivity (Wildman–Crippen MR) is 98.7 cm³/mol. The zero-order chi connectivity index (χ0) is 17.6. The van der Waals surface area contributed by atoms with Gasteiger partial charge in [-0.25, -0.2) is 9.97 Å². The van der Waals surface area contributed by atoms with Gasteiger partial charge in [-0.3, -0.25) is 9.20 Å². The molecule has 0 amide bonds. The third-order valence-corrected chi connectivity index (χ3v) is 6.85. The molecule has 134 valence electrons. The molecule has 1 atom stereocenters. The van der Waals surface area contributed by atoms with E-state index in [9.17, 15) is 4.79 Å². The molecule has 5 nitrogen and oxygen atoms in total. The molecule has 3 saturated carbocycles. The van der Waals surface area contributed by atoms with Gasteiger partial charge in [0, 0.05) is 18.3 Å². The topological polar surface area (TPSA) is 56.5 Å². The molecule has 0 saturated heterocycles. The number of ether oxygens (including phenoxy) is 1. The molecule has 7 heteroatoms. The average molecular weight is 427 g/mol. The Hall–Kier alpha value is -1.14. The monoisotopic (exact) mass is 425 g/mol. The van der Waals surface area contributed by atoms with Gasteiger partial charge in [0.2, 0.25) is 0 Å². The largest absolute Gasteiger partial charge is 0.466 e. The fraction of sp³-hybridized carbons (Fsp3) is 0.611. The lowest BCUT2D eigenvalue weighted by molar-refractivity contribution is -0.159. The lowest BCUT2D eigenvalue weighted by Gasteiger charge is -2.39. The van der Waals surface area contributed by atoms with Gasteiger partial charge in [0.25, 0.3) is 0 Å². The Labute approximate surface area is 160 Å². The van der Waals surface area contributed by atoms with Gasteiger partial charge in [-0.05, 0) is 67.3 Å². The lowest BCUT2D eigenvalue weighted by atomic mass is 9.66. The Morgan fingerprint density at radius 3 is 2.88 bits per heavy atom. The molecule has 2 bridgehead atoms. The quantitative estimate of drug-likeness (QED) is 0.664. The maximum Gasteiger partial charge on any atom is 0.312 e. The van der Waals surface area contributed by atoms with Crippen LogP contribution in [0.3, 0.4) is 0 Å². The molecule has 2 heterocycles. The molecule has 3 aliphatic rings. The molecule has 3 fully saturated rings. The van der Waals surface area contributed by atoms with Gasteiger partial charge < -0.3 is 4.74 Å². The fourth-order valence-electron chi connectivity index (χ4n) is 4.74. The number of nitrogens with zero attached hydrogens (tertiary/aromatic N) is 3. The van der Waals surface area contributed by atoms with Crippen LogP contribution in [0.25, 0.3) is 5.52 Å². The number of rotatable bonds is 3. The van der Waals surface area contributed by atoms with E-state index in [4.69, 9.17) is 21.3 Å². The molecular formula is C18H21BrClN3O2. The van der Waals surface area contributed by atoms with Crippen molar-refractivity contribution in [1.29, 1.82) is 0 Å². The second kappa shape index (κ2) is 6.54. The van der Waals surface area contributed by atoms with Crippen LogP contribution in [-0.4, -0.2) is 26.9 Å². The summed E-state index contributed by atoms with van der Waals surface area (Å²) in [5.41, 5.74) is 0.288. The Morgan fingerprint density at radius 2 is 2.16 bits per heavy atom. The van der Waals surface area contributed by atoms with Crippen LogP contribution in [0.15, 0.2) is 17.0 Å². The summed E-state index contributed by atoms with van der Waals surface area (Å²) < 4.78 is 8.19. The van der Waals surface area contributed by atoms with Crippen molar-refractivity contribution in [3.05, 3.63) is 28.0 Å². The molecule has 0 aromatic carbocycles. The maximum absolute atomic E-state index is 13.0.